The van der Waals surface area contributed by atoms with E-state index in [1.807, 2.05) is 10.9 Å². The zero-order chi connectivity index (χ0) is 11.2. The number of anilines is 1. The summed E-state index contributed by atoms with van der Waals surface area (Å²) >= 11 is 0. The van der Waals surface area contributed by atoms with Crippen LogP contribution in [0.25, 0.3) is 0 Å². The predicted molar refractivity (Wildman–Crippen MR) is 64.6 cm³/mol. The summed E-state index contributed by atoms with van der Waals surface area (Å²) in [7, 11) is 0. The van der Waals surface area contributed by atoms with Crippen LogP contribution < -0.4 is 5.32 Å². The smallest absolute Gasteiger partial charge is 0.0771 e. The van der Waals surface area contributed by atoms with Gasteiger partial charge in [0.2, 0.25) is 0 Å². The molecule has 2 heterocycles. The fraction of sp³-hybridized carbons (Fsp3) is 0.750. The summed E-state index contributed by atoms with van der Waals surface area (Å²) in [6.07, 6.45) is 9.10. The minimum atomic E-state index is 0.364. The Morgan fingerprint density at radius 2 is 2.56 bits per heavy atom. The Bertz CT molecular complexity index is 305. The van der Waals surface area contributed by atoms with Gasteiger partial charge in [0.15, 0.2) is 0 Å². The molecule has 0 amide bonds. The largest absolute Gasteiger partial charge is 0.383 e. The van der Waals surface area contributed by atoms with E-state index >= 15 is 0 Å². The van der Waals surface area contributed by atoms with Crippen molar-refractivity contribution in [3.8, 4) is 0 Å². The lowest BCUT2D eigenvalue weighted by atomic mass is 10.2. The van der Waals surface area contributed by atoms with Gasteiger partial charge in [-0.2, -0.15) is 5.10 Å². The molecule has 4 nitrogen and oxygen atoms in total. The van der Waals surface area contributed by atoms with Crippen molar-refractivity contribution in [1.82, 2.24) is 9.78 Å². The summed E-state index contributed by atoms with van der Waals surface area (Å²) in [5, 5.41) is 7.70. The minimum Gasteiger partial charge on any atom is -0.383 e. The van der Waals surface area contributed by atoms with E-state index in [0.29, 0.717) is 6.10 Å². The van der Waals surface area contributed by atoms with Crippen molar-refractivity contribution in [2.45, 2.75) is 45.3 Å². The van der Waals surface area contributed by atoms with Crippen LogP contribution in [0.3, 0.4) is 0 Å². The van der Waals surface area contributed by atoms with Crippen molar-refractivity contribution in [3.63, 3.8) is 0 Å². The quantitative estimate of drug-likeness (QED) is 0.752. The predicted octanol–water partition coefficient (Wildman–Crippen LogP) is 2.27. The van der Waals surface area contributed by atoms with E-state index in [1.165, 1.54) is 25.7 Å². The Balaban J connectivity index is 1.77. The van der Waals surface area contributed by atoms with E-state index in [2.05, 4.69) is 23.5 Å². The van der Waals surface area contributed by atoms with E-state index < -0.39 is 0 Å². The SMILES string of the molecule is CCCCNc1cnn(CC2CCCO2)c1. The summed E-state index contributed by atoms with van der Waals surface area (Å²) in [5.41, 5.74) is 1.12. The van der Waals surface area contributed by atoms with Gasteiger partial charge in [-0.3, -0.25) is 4.68 Å². The maximum absolute atomic E-state index is 5.58. The Morgan fingerprint density at radius 1 is 1.62 bits per heavy atom. The van der Waals surface area contributed by atoms with Crippen molar-refractivity contribution in [1.29, 1.82) is 0 Å². The van der Waals surface area contributed by atoms with Crippen molar-refractivity contribution in [2.24, 2.45) is 0 Å². The first-order valence-corrected chi connectivity index (χ1v) is 6.26. The molecule has 0 saturated carbocycles. The molecule has 1 aliphatic rings. The second kappa shape index (κ2) is 5.89. The van der Waals surface area contributed by atoms with Crippen LogP contribution in [0.15, 0.2) is 12.4 Å². The fourth-order valence-electron chi connectivity index (χ4n) is 1.96. The molecule has 0 aromatic carbocycles. The van der Waals surface area contributed by atoms with Crippen molar-refractivity contribution in [2.75, 3.05) is 18.5 Å². The van der Waals surface area contributed by atoms with Gasteiger partial charge >= 0.3 is 0 Å². The Morgan fingerprint density at radius 3 is 3.31 bits per heavy atom. The Kier molecular flexibility index (Phi) is 4.22. The number of hydrogen-bond acceptors (Lipinski definition) is 3. The molecule has 1 aromatic heterocycles. The third-order valence-electron chi connectivity index (χ3n) is 2.91. The summed E-state index contributed by atoms with van der Waals surface area (Å²) in [6.45, 7) is 5.02. The number of rotatable bonds is 6. The van der Waals surface area contributed by atoms with Gasteiger partial charge in [0.05, 0.1) is 24.5 Å². The lowest BCUT2D eigenvalue weighted by Gasteiger charge is -2.08. The molecule has 1 aliphatic heterocycles. The van der Waals surface area contributed by atoms with Crippen LogP contribution in [-0.4, -0.2) is 29.0 Å². The lowest BCUT2D eigenvalue weighted by molar-refractivity contribution is 0.0940. The molecule has 16 heavy (non-hydrogen) atoms. The van der Waals surface area contributed by atoms with Crippen LogP contribution in [0, 0.1) is 0 Å². The van der Waals surface area contributed by atoms with E-state index in [9.17, 15) is 0 Å². The first kappa shape index (κ1) is 11.5. The molecule has 2 rings (SSSR count). The topological polar surface area (TPSA) is 39.1 Å². The lowest BCUT2D eigenvalue weighted by Crippen LogP contribution is -2.15. The number of nitrogens with one attached hydrogen (secondary N) is 1. The standard InChI is InChI=1S/C12H21N3O/c1-2-3-6-13-11-8-14-15(9-11)10-12-5-4-7-16-12/h8-9,12-13H,2-7,10H2,1H3. The highest BCUT2D eigenvalue weighted by Crippen LogP contribution is 2.14. The number of aromatic nitrogens is 2. The van der Waals surface area contributed by atoms with Gasteiger partial charge in [0, 0.05) is 19.3 Å². The molecular formula is C12H21N3O. The second-order valence-corrected chi connectivity index (χ2v) is 4.37. The highest BCUT2D eigenvalue weighted by Gasteiger charge is 2.16. The molecule has 0 bridgehead atoms. The average molecular weight is 223 g/mol. The average Bonchev–Trinajstić information content (AvgIpc) is 2.91. The Labute approximate surface area is 97.0 Å². The highest BCUT2D eigenvalue weighted by molar-refractivity contribution is 5.37. The minimum absolute atomic E-state index is 0.364. The second-order valence-electron chi connectivity index (χ2n) is 4.37. The number of nitrogens with zero attached hydrogens (tertiary/aromatic N) is 2. The van der Waals surface area contributed by atoms with Crippen LogP contribution in [0.5, 0.6) is 0 Å². The number of ether oxygens (including phenoxy) is 1. The monoisotopic (exact) mass is 223 g/mol. The molecule has 1 unspecified atom stereocenters. The molecule has 1 saturated heterocycles. The molecule has 0 aliphatic carbocycles. The highest BCUT2D eigenvalue weighted by atomic mass is 16.5. The van der Waals surface area contributed by atoms with Gasteiger partial charge in [-0.1, -0.05) is 13.3 Å². The molecule has 1 aromatic rings. The van der Waals surface area contributed by atoms with E-state index in [1.54, 1.807) is 0 Å². The maximum Gasteiger partial charge on any atom is 0.0771 e. The first-order valence-electron chi connectivity index (χ1n) is 6.26. The van der Waals surface area contributed by atoms with Crippen LogP contribution in [0.4, 0.5) is 5.69 Å². The summed E-state index contributed by atoms with van der Waals surface area (Å²) in [5.74, 6) is 0. The summed E-state index contributed by atoms with van der Waals surface area (Å²) in [6, 6.07) is 0. The molecular weight excluding hydrogens is 202 g/mol. The molecule has 0 spiro atoms. The van der Waals surface area contributed by atoms with Crippen LogP contribution >= 0.6 is 0 Å². The van der Waals surface area contributed by atoms with Gasteiger partial charge in [0.1, 0.15) is 0 Å². The van der Waals surface area contributed by atoms with E-state index in [-0.39, 0.29) is 0 Å². The number of unbranched alkanes of at least 4 members (excludes halogenated alkanes) is 1. The molecule has 1 atom stereocenters. The summed E-state index contributed by atoms with van der Waals surface area (Å²) < 4.78 is 7.56. The third kappa shape index (κ3) is 3.23. The maximum atomic E-state index is 5.58. The van der Waals surface area contributed by atoms with Crippen LogP contribution in [-0.2, 0) is 11.3 Å². The fourth-order valence-corrected chi connectivity index (χ4v) is 1.96. The van der Waals surface area contributed by atoms with Crippen LogP contribution in [0.1, 0.15) is 32.6 Å². The zero-order valence-electron chi connectivity index (χ0n) is 9.98. The zero-order valence-corrected chi connectivity index (χ0v) is 9.98. The molecule has 1 N–H and O–H groups in total. The van der Waals surface area contributed by atoms with Gasteiger partial charge in [-0.15, -0.1) is 0 Å². The van der Waals surface area contributed by atoms with Gasteiger partial charge in [-0.05, 0) is 19.3 Å². The van der Waals surface area contributed by atoms with Crippen molar-refractivity contribution in [3.05, 3.63) is 12.4 Å². The molecule has 0 radical (unpaired) electrons. The van der Waals surface area contributed by atoms with Crippen molar-refractivity contribution < 1.29 is 4.74 Å². The third-order valence-corrected chi connectivity index (χ3v) is 2.91. The normalized spacial score (nSPS) is 20.2. The first-order chi connectivity index (χ1) is 7.88. The van der Waals surface area contributed by atoms with Gasteiger partial charge in [-0.25, -0.2) is 0 Å². The Hall–Kier alpha value is -1.03. The van der Waals surface area contributed by atoms with Crippen LogP contribution in [0.2, 0.25) is 0 Å². The van der Waals surface area contributed by atoms with Crippen molar-refractivity contribution >= 4 is 5.69 Å². The summed E-state index contributed by atoms with van der Waals surface area (Å²) in [4.78, 5) is 0. The molecule has 4 heteroatoms. The van der Waals surface area contributed by atoms with Gasteiger partial charge in [0.25, 0.3) is 0 Å². The van der Waals surface area contributed by atoms with E-state index in [4.69, 9.17) is 4.74 Å². The number of hydrogen-bond donors (Lipinski definition) is 1. The molecule has 90 valence electrons. The molecule has 1 fully saturated rings. The van der Waals surface area contributed by atoms with Gasteiger partial charge < -0.3 is 10.1 Å². The van der Waals surface area contributed by atoms with E-state index in [0.717, 1.165) is 25.4 Å².